The van der Waals surface area contributed by atoms with E-state index in [1.54, 1.807) is 0 Å². The van der Waals surface area contributed by atoms with Crippen LogP contribution in [0.2, 0.25) is 0 Å². The maximum atomic E-state index is 11.9. The summed E-state index contributed by atoms with van der Waals surface area (Å²) >= 11 is 3.20. The molecule has 0 aliphatic rings. The lowest BCUT2D eigenvalue weighted by molar-refractivity contribution is -0.120. The van der Waals surface area contributed by atoms with Gasteiger partial charge in [0.1, 0.15) is 4.47 Å². The minimum absolute atomic E-state index is 0.0334. The molecule has 3 N–H and O–H groups in total. The van der Waals surface area contributed by atoms with Crippen molar-refractivity contribution >= 4 is 27.5 Å². The molecule has 0 unspecified atom stereocenters. The lowest BCUT2D eigenvalue weighted by Gasteiger charge is -2.11. The van der Waals surface area contributed by atoms with Gasteiger partial charge in [0.15, 0.2) is 0 Å². The zero-order valence-corrected chi connectivity index (χ0v) is 13.8. The maximum Gasteiger partial charge on any atom is 0.283 e. The highest BCUT2D eigenvalue weighted by atomic mass is 79.9. The number of hydrogen-bond donors (Lipinski definition) is 3. The van der Waals surface area contributed by atoms with Crippen molar-refractivity contribution in [3.05, 3.63) is 21.0 Å². The second-order valence-corrected chi connectivity index (χ2v) is 5.79. The third-order valence-electron chi connectivity index (χ3n) is 2.67. The number of aliphatic hydroxyl groups is 1. The lowest BCUT2D eigenvalue weighted by atomic mass is 10.2. The van der Waals surface area contributed by atoms with Crippen molar-refractivity contribution in [3.8, 4) is 0 Å². The largest absolute Gasteiger partial charge is 0.394 e. The molecule has 1 amide bonds. The molecule has 1 heterocycles. The van der Waals surface area contributed by atoms with Gasteiger partial charge < -0.3 is 15.7 Å². The first-order valence-corrected chi connectivity index (χ1v) is 7.62. The molecule has 0 aliphatic heterocycles. The Morgan fingerprint density at radius 2 is 2.24 bits per heavy atom. The van der Waals surface area contributed by atoms with Crippen molar-refractivity contribution in [2.75, 3.05) is 25.0 Å². The molecule has 0 spiro atoms. The summed E-state index contributed by atoms with van der Waals surface area (Å²) in [5.41, 5.74) is 0.212. The summed E-state index contributed by atoms with van der Waals surface area (Å²) in [6.07, 6.45) is 1.81. The van der Waals surface area contributed by atoms with E-state index in [-0.39, 0.29) is 24.6 Å². The van der Waals surface area contributed by atoms with E-state index in [1.807, 2.05) is 13.8 Å². The van der Waals surface area contributed by atoms with Gasteiger partial charge in [-0.3, -0.25) is 9.59 Å². The number of aromatic nitrogens is 2. The normalized spacial score (nSPS) is 10.7. The van der Waals surface area contributed by atoms with E-state index >= 15 is 0 Å². The number of anilines is 1. The van der Waals surface area contributed by atoms with Crippen molar-refractivity contribution in [3.63, 3.8) is 0 Å². The molecule has 8 heteroatoms. The number of nitrogens with zero attached hydrogens (tertiary/aromatic N) is 2. The Morgan fingerprint density at radius 1 is 1.52 bits per heavy atom. The number of carbonyl (C=O) groups is 1. The molecule has 0 saturated heterocycles. The second-order valence-electron chi connectivity index (χ2n) is 5.00. The summed E-state index contributed by atoms with van der Waals surface area (Å²) in [5, 5.41) is 18.6. The van der Waals surface area contributed by atoms with Crippen LogP contribution in [0.5, 0.6) is 0 Å². The molecule has 21 heavy (non-hydrogen) atoms. The molecule has 118 valence electrons. The van der Waals surface area contributed by atoms with Crippen LogP contribution in [0, 0.1) is 5.92 Å². The fourth-order valence-corrected chi connectivity index (χ4v) is 2.01. The summed E-state index contributed by atoms with van der Waals surface area (Å²) in [4.78, 5) is 23.4. The van der Waals surface area contributed by atoms with Crippen molar-refractivity contribution in [2.45, 2.75) is 26.8 Å². The molecule has 1 rings (SSSR count). The molecule has 1 aromatic rings. The fourth-order valence-electron chi connectivity index (χ4n) is 1.56. The van der Waals surface area contributed by atoms with Gasteiger partial charge in [0.25, 0.3) is 5.56 Å². The highest BCUT2D eigenvalue weighted by Crippen LogP contribution is 2.15. The van der Waals surface area contributed by atoms with Crippen LogP contribution < -0.4 is 16.2 Å². The number of aliphatic hydroxyl groups excluding tert-OH is 1. The average Bonchev–Trinajstić information content (AvgIpc) is 2.44. The first-order valence-electron chi connectivity index (χ1n) is 6.82. The monoisotopic (exact) mass is 360 g/mol. The van der Waals surface area contributed by atoms with Gasteiger partial charge >= 0.3 is 0 Å². The van der Waals surface area contributed by atoms with E-state index < -0.39 is 0 Å². The number of amides is 1. The van der Waals surface area contributed by atoms with E-state index in [4.69, 9.17) is 5.11 Å². The summed E-state index contributed by atoms with van der Waals surface area (Å²) in [7, 11) is 0. The molecule has 0 atom stereocenters. The summed E-state index contributed by atoms with van der Waals surface area (Å²) in [6.45, 7) is 5.12. The summed E-state index contributed by atoms with van der Waals surface area (Å²) < 4.78 is 1.51. The molecule has 0 aromatic carbocycles. The van der Waals surface area contributed by atoms with Gasteiger partial charge in [0, 0.05) is 19.5 Å². The molecule has 7 nitrogen and oxygen atoms in total. The van der Waals surface area contributed by atoms with Crippen LogP contribution >= 0.6 is 15.9 Å². The van der Waals surface area contributed by atoms with Crippen molar-refractivity contribution < 1.29 is 9.90 Å². The van der Waals surface area contributed by atoms with Crippen LogP contribution in [0.3, 0.4) is 0 Å². The Kier molecular flexibility index (Phi) is 7.38. The molecule has 0 fully saturated rings. The van der Waals surface area contributed by atoms with Crippen LogP contribution in [-0.2, 0) is 11.3 Å². The average molecular weight is 361 g/mol. The predicted octanol–water partition coefficient (Wildman–Crippen LogP) is 0.572. The summed E-state index contributed by atoms with van der Waals surface area (Å²) in [5.74, 6) is 0.383. The smallest absolute Gasteiger partial charge is 0.283 e. The topological polar surface area (TPSA) is 96.2 Å². The third kappa shape index (κ3) is 5.84. The predicted molar refractivity (Wildman–Crippen MR) is 84.2 cm³/mol. The molecule has 0 saturated carbocycles. The zero-order chi connectivity index (χ0) is 15.8. The second kappa shape index (κ2) is 8.78. The number of hydrogen-bond acceptors (Lipinski definition) is 5. The van der Waals surface area contributed by atoms with Gasteiger partial charge in [-0.1, -0.05) is 13.8 Å². The lowest BCUT2D eigenvalue weighted by Crippen LogP contribution is -2.29. The molecular formula is C13H21BrN4O3. The van der Waals surface area contributed by atoms with E-state index in [0.29, 0.717) is 35.6 Å². The van der Waals surface area contributed by atoms with E-state index in [9.17, 15) is 9.59 Å². The maximum absolute atomic E-state index is 11.9. The Labute approximate surface area is 131 Å². The van der Waals surface area contributed by atoms with Crippen LogP contribution in [0.1, 0.15) is 20.3 Å². The molecule has 0 bridgehead atoms. The first kappa shape index (κ1) is 17.6. The van der Waals surface area contributed by atoms with Gasteiger partial charge in [-0.15, -0.1) is 0 Å². The number of halogens is 1. The number of carbonyl (C=O) groups excluding carboxylic acids is 1. The zero-order valence-electron chi connectivity index (χ0n) is 12.2. The molecular weight excluding hydrogens is 340 g/mol. The quantitative estimate of drug-likeness (QED) is 0.629. The Morgan fingerprint density at radius 3 is 2.86 bits per heavy atom. The minimum atomic E-state index is -0.321. The van der Waals surface area contributed by atoms with Gasteiger partial charge in [0.2, 0.25) is 5.91 Å². The fraction of sp³-hybridized carbons (Fsp3) is 0.615. The van der Waals surface area contributed by atoms with E-state index in [2.05, 4.69) is 31.7 Å². The highest BCUT2D eigenvalue weighted by Gasteiger charge is 2.09. The Bertz CT molecular complexity index is 531. The number of nitrogens with one attached hydrogen (secondary N) is 2. The van der Waals surface area contributed by atoms with Gasteiger partial charge in [-0.25, -0.2) is 4.68 Å². The van der Waals surface area contributed by atoms with Gasteiger partial charge in [-0.05, 0) is 21.8 Å². The van der Waals surface area contributed by atoms with Crippen LogP contribution in [0.4, 0.5) is 5.69 Å². The van der Waals surface area contributed by atoms with Crippen LogP contribution in [0.15, 0.2) is 15.5 Å². The standard InChI is InChI=1S/C13H21BrN4O3/c1-9(2)7-16-11(20)3-4-15-10-8-17-18(5-6-19)13(21)12(10)14/h8-9,15,19H,3-7H2,1-2H3,(H,16,20). The number of rotatable bonds is 8. The Hall–Kier alpha value is -1.41. The SMILES string of the molecule is CC(C)CNC(=O)CCNc1cnn(CCO)c(=O)c1Br. The van der Waals surface area contributed by atoms with E-state index in [1.165, 1.54) is 10.9 Å². The van der Waals surface area contributed by atoms with Gasteiger partial charge in [0.05, 0.1) is 25.0 Å². The van der Waals surface area contributed by atoms with Gasteiger partial charge in [-0.2, -0.15) is 5.10 Å². The van der Waals surface area contributed by atoms with Crippen LogP contribution in [0.25, 0.3) is 0 Å². The molecule has 0 radical (unpaired) electrons. The van der Waals surface area contributed by atoms with Crippen molar-refractivity contribution in [1.29, 1.82) is 0 Å². The summed E-state index contributed by atoms with van der Waals surface area (Å²) in [6, 6.07) is 0. The van der Waals surface area contributed by atoms with Crippen molar-refractivity contribution in [2.24, 2.45) is 5.92 Å². The molecule has 1 aromatic heterocycles. The van der Waals surface area contributed by atoms with E-state index in [0.717, 1.165) is 0 Å². The van der Waals surface area contributed by atoms with Crippen molar-refractivity contribution in [1.82, 2.24) is 15.1 Å². The van der Waals surface area contributed by atoms with Crippen LogP contribution in [-0.4, -0.2) is 40.5 Å². The minimum Gasteiger partial charge on any atom is -0.394 e. The first-order chi connectivity index (χ1) is 9.95. The molecule has 0 aliphatic carbocycles. The highest BCUT2D eigenvalue weighted by molar-refractivity contribution is 9.10. The third-order valence-corrected chi connectivity index (χ3v) is 3.44. The Balaban J connectivity index is 2.51.